The largest absolute Gasteiger partial charge is 0.481 e. The Kier molecular flexibility index (Phi) is 2.46. The van der Waals surface area contributed by atoms with Crippen LogP contribution in [0.1, 0.15) is 55.6 Å². The molecule has 0 aliphatic heterocycles. The van der Waals surface area contributed by atoms with Crippen LogP contribution in [0.4, 0.5) is 0 Å². The van der Waals surface area contributed by atoms with Crippen molar-refractivity contribution in [1.82, 2.24) is 0 Å². The van der Waals surface area contributed by atoms with Gasteiger partial charge in [-0.2, -0.15) is 0 Å². The van der Waals surface area contributed by atoms with E-state index in [1.807, 2.05) is 12.1 Å². The molecule has 0 heterocycles. The van der Waals surface area contributed by atoms with Crippen LogP contribution in [0.3, 0.4) is 0 Å². The van der Waals surface area contributed by atoms with Gasteiger partial charge >= 0.3 is 5.97 Å². The molecule has 0 radical (unpaired) electrons. The van der Waals surface area contributed by atoms with Gasteiger partial charge in [-0.1, -0.05) is 37.1 Å². The fourth-order valence-corrected chi connectivity index (χ4v) is 3.10. The molecule has 0 atom stereocenters. The first-order chi connectivity index (χ1) is 8.22. The number of benzene rings is 1. The monoisotopic (exact) mass is 230 g/mol. The van der Waals surface area contributed by atoms with Gasteiger partial charge in [0.25, 0.3) is 0 Å². The Balaban J connectivity index is 1.91. The van der Waals surface area contributed by atoms with Crippen LogP contribution in [0.15, 0.2) is 24.3 Å². The van der Waals surface area contributed by atoms with Crippen LogP contribution in [0.25, 0.3) is 0 Å². The molecule has 2 saturated carbocycles. The molecule has 2 fully saturated rings. The number of rotatable bonds is 3. The molecule has 90 valence electrons. The molecule has 2 aliphatic carbocycles. The Morgan fingerprint density at radius 1 is 1.24 bits per heavy atom. The highest BCUT2D eigenvalue weighted by atomic mass is 16.4. The minimum atomic E-state index is -0.652. The lowest BCUT2D eigenvalue weighted by atomic mass is 9.90. The van der Waals surface area contributed by atoms with E-state index in [-0.39, 0.29) is 0 Å². The van der Waals surface area contributed by atoms with E-state index in [9.17, 15) is 9.90 Å². The van der Waals surface area contributed by atoms with Crippen molar-refractivity contribution in [2.24, 2.45) is 0 Å². The third-order valence-corrected chi connectivity index (χ3v) is 4.43. The van der Waals surface area contributed by atoms with Crippen molar-refractivity contribution >= 4 is 5.97 Å². The number of hydrogen-bond acceptors (Lipinski definition) is 1. The number of hydrogen-bond donors (Lipinski definition) is 1. The maximum Gasteiger partial charge on any atom is 0.314 e. The van der Waals surface area contributed by atoms with Crippen LogP contribution < -0.4 is 0 Å². The van der Waals surface area contributed by atoms with Gasteiger partial charge in [0.2, 0.25) is 0 Å². The van der Waals surface area contributed by atoms with Gasteiger partial charge in [-0.15, -0.1) is 0 Å². The predicted molar refractivity (Wildman–Crippen MR) is 66.2 cm³/mol. The topological polar surface area (TPSA) is 37.3 Å². The first-order valence-electron chi connectivity index (χ1n) is 6.56. The van der Waals surface area contributed by atoms with Gasteiger partial charge in [-0.3, -0.25) is 4.79 Å². The molecule has 0 saturated heterocycles. The molecule has 2 aliphatic rings. The summed E-state index contributed by atoms with van der Waals surface area (Å²) in [7, 11) is 0. The zero-order chi connectivity index (χ0) is 11.9. The fraction of sp³-hybridized carbons (Fsp3) is 0.533. The molecular weight excluding hydrogens is 212 g/mol. The molecule has 1 aromatic rings. The molecule has 0 bridgehead atoms. The van der Waals surface area contributed by atoms with Crippen LogP contribution in [0.2, 0.25) is 0 Å². The molecule has 0 amide bonds. The van der Waals surface area contributed by atoms with Gasteiger partial charge in [-0.25, -0.2) is 0 Å². The minimum Gasteiger partial charge on any atom is -0.481 e. The SMILES string of the molecule is O=C(O)C1(c2cccc(C3CCCC3)c2)CC1. The maximum absolute atomic E-state index is 11.3. The molecule has 1 N–H and O–H groups in total. The minimum absolute atomic E-state index is 0.547. The number of carbonyl (C=O) groups is 1. The molecule has 3 rings (SSSR count). The van der Waals surface area contributed by atoms with E-state index in [2.05, 4.69) is 12.1 Å². The second-order valence-electron chi connectivity index (χ2n) is 5.49. The summed E-state index contributed by atoms with van der Waals surface area (Å²) in [5, 5.41) is 9.31. The molecule has 0 unspecified atom stereocenters. The first-order valence-corrected chi connectivity index (χ1v) is 6.56. The third-order valence-electron chi connectivity index (χ3n) is 4.43. The van der Waals surface area contributed by atoms with Gasteiger partial charge in [0.1, 0.15) is 0 Å². The quantitative estimate of drug-likeness (QED) is 0.863. The van der Waals surface area contributed by atoms with Crippen LogP contribution >= 0.6 is 0 Å². The van der Waals surface area contributed by atoms with Crippen molar-refractivity contribution in [3.05, 3.63) is 35.4 Å². The lowest BCUT2D eigenvalue weighted by molar-refractivity contribution is -0.140. The van der Waals surface area contributed by atoms with Gasteiger partial charge in [0.05, 0.1) is 5.41 Å². The Morgan fingerprint density at radius 2 is 1.94 bits per heavy atom. The first kappa shape index (κ1) is 10.8. The predicted octanol–water partition coefficient (Wildman–Crippen LogP) is 3.46. The number of aliphatic carboxylic acids is 1. The average molecular weight is 230 g/mol. The molecule has 2 nitrogen and oxygen atoms in total. The molecule has 1 aromatic carbocycles. The van der Waals surface area contributed by atoms with Crippen LogP contribution in [-0.4, -0.2) is 11.1 Å². The summed E-state index contributed by atoms with van der Waals surface area (Å²) in [6, 6.07) is 8.33. The van der Waals surface area contributed by atoms with E-state index < -0.39 is 11.4 Å². The Hall–Kier alpha value is -1.31. The van der Waals surface area contributed by atoms with Crippen molar-refractivity contribution in [2.75, 3.05) is 0 Å². The van der Waals surface area contributed by atoms with Gasteiger partial charge < -0.3 is 5.11 Å². The van der Waals surface area contributed by atoms with Crippen molar-refractivity contribution in [3.63, 3.8) is 0 Å². The number of carboxylic acids is 1. The van der Waals surface area contributed by atoms with Crippen molar-refractivity contribution < 1.29 is 9.90 Å². The molecule has 17 heavy (non-hydrogen) atoms. The lowest BCUT2D eigenvalue weighted by Gasteiger charge is -2.15. The van der Waals surface area contributed by atoms with Crippen molar-refractivity contribution in [1.29, 1.82) is 0 Å². The highest BCUT2D eigenvalue weighted by molar-refractivity contribution is 5.84. The summed E-state index contributed by atoms with van der Waals surface area (Å²) in [5.74, 6) is 0.0145. The normalized spacial score (nSPS) is 22.6. The second kappa shape index (κ2) is 3.86. The van der Waals surface area contributed by atoms with E-state index in [4.69, 9.17) is 0 Å². The highest BCUT2D eigenvalue weighted by Crippen LogP contribution is 2.49. The summed E-state index contributed by atoms with van der Waals surface area (Å²) in [6.07, 6.45) is 6.78. The van der Waals surface area contributed by atoms with Crippen LogP contribution in [-0.2, 0) is 10.2 Å². The standard InChI is InChI=1S/C15H18O2/c16-14(17)15(8-9-15)13-7-3-6-12(10-13)11-4-1-2-5-11/h3,6-7,10-11H,1-2,4-5,8-9H2,(H,16,17). The van der Waals surface area contributed by atoms with E-state index in [1.54, 1.807) is 0 Å². The highest BCUT2D eigenvalue weighted by Gasteiger charge is 2.51. The smallest absolute Gasteiger partial charge is 0.314 e. The summed E-state index contributed by atoms with van der Waals surface area (Å²) in [4.78, 5) is 11.3. The molecule has 0 aromatic heterocycles. The zero-order valence-corrected chi connectivity index (χ0v) is 9.98. The third kappa shape index (κ3) is 1.76. The number of carboxylic acid groups (broad SMARTS) is 1. The van der Waals surface area contributed by atoms with E-state index >= 15 is 0 Å². The second-order valence-corrected chi connectivity index (χ2v) is 5.49. The Bertz CT molecular complexity index is 440. The molecule has 0 spiro atoms. The van der Waals surface area contributed by atoms with Crippen LogP contribution in [0, 0.1) is 0 Å². The average Bonchev–Trinajstić information content (AvgIpc) is 2.98. The van der Waals surface area contributed by atoms with Gasteiger partial charge in [-0.05, 0) is 42.7 Å². The summed E-state index contributed by atoms with van der Waals surface area (Å²) in [6.45, 7) is 0. The van der Waals surface area contributed by atoms with Gasteiger partial charge in [0, 0.05) is 0 Å². The summed E-state index contributed by atoms with van der Waals surface area (Å²) >= 11 is 0. The maximum atomic E-state index is 11.3. The molecule has 2 heteroatoms. The van der Waals surface area contributed by atoms with Crippen molar-refractivity contribution in [2.45, 2.75) is 49.9 Å². The molecular formula is C15H18O2. The van der Waals surface area contributed by atoms with E-state index in [0.29, 0.717) is 5.92 Å². The summed E-state index contributed by atoms with van der Waals surface area (Å²) in [5.41, 5.74) is 1.83. The zero-order valence-electron chi connectivity index (χ0n) is 9.98. The summed E-state index contributed by atoms with van der Waals surface area (Å²) < 4.78 is 0. The Labute approximate surface area is 102 Å². The van der Waals surface area contributed by atoms with Crippen LogP contribution in [0.5, 0.6) is 0 Å². The van der Waals surface area contributed by atoms with E-state index in [1.165, 1.54) is 31.2 Å². The Morgan fingerprint density at radius 3 is 2.53 bits per heavy atom. The fourth-order valence-electron chi connectivity index (χ4n) is 3.10. The van der Waals surface area contributed by atoms with Gasteiger partial charge in [0.15, 0.2) is 0 Å². The van der Waals surface area contributed by atoms with E-state index in [0.717, 1.165) is 18.4 Å². The lowest BCUT2D eigenvalue weighted by Crippen LogP contribution is -2.19. The van der Waals surface area contributed by atoms with Crippen molar-refractivity contribution in [3.8, 4) is 0 Å².